The minimum Gasteiger partial charge on any atom is -0.496 e. The van der Waals surface area contributed by atoms with Gasteiger partial charge in [-0.2, -0.15) is 4.98 Å². The van der Waals surface area contributed by atoms with Crippen LogP contribution in [0, 0.1) is 0 Å². The summed E-state index contributed by atoms with van der Waals surface area (Å²) in [6.07, 6.45) is 0.826. The van der Waals surface area contributed by atoms with Gasteiger partial charge in [-0.3, -0.25) is 0 Å². The average molecular weight is 384 g/mol. The molecule has 0 amide bonds. The second-order valence-electron chi connectivity index (χ2n) is 6.74. The van der Waals surface area contributed by atoms with Crippen molar-refractivity contribution < 1.29 is 4.74 Å². The highest BCUT2D eigenvalue weighted by molar-refractivity contribution is 5.90. The predicted octanol–water partition coefficient (Wildman–Crippen LogP) is 4.91. The van der Waals surface area contributed by atoms with Gasteiger partial charge >= 0.3 is 0 Å². The van der Waals surface area contributed by atoms with Crippen molar-refractivity contribution in [1.29, 1.82) is 0 Å². The van der Waals surface area contributed by atoms with Crippen LogP contribution in [0.4, 0.5) is 11.8 Å². The van der Waals surface area contributed by atoms with E-state index in [-0.39, 0.29) is 0 Å². The number of hydrogen-bond acceptors (Lipinski definition) is 5. The minimum absolute atomic E-state index is 0.620. The minimum atomic E-state index is 0.620. The molecule has 2 N–H and O–H groups in total. The first-order chi connectivity index (χ1) is 14.3. The summed E-state index contributed by atoms with van der Waals surface area (Å²) in [5, 5.41) is 7.83. The molecule has 0 bridgehead atoms. The highest BCUT2D eigenvalue weighted by atomic mass is 16.5. The molecule has 4 aromatic rings. The Morgan fingerprint density at radius 1 is 0.793 bits per heavy atom. The molecule has 0 spiro atoms. The van der Waals surface area contributed by atoms with Gasteiger partial charge in [0, 0.05) is 18.5 Å². The number of nitrogens with one attached hydrogen (secondary N) is 2. The van der Waals surface area contributed by atoms with Gasteiger partial charge in [-0.15, -0.1) is 0 Å². The second kappa shape index (κ2) is 9.06. The monoisotopic (exact) mass is 384 g/mol. The third-order valence-electron chi connectivity index (χ3n) is 4.78. The maximum Gasteiger partial charge on any atom is 0.225 e. The molecule has 0 aliphatic rings. The van der Waals surface area contributed by atoms with Crippen molar-refractivity contribution in [2.24, 2.45) is 0 Å². The lowest BCUT2D eigenvalue weighted by molar-refractivity contribution is 0.410. The molecule has 0 aliphatic carbocycles. The zero-order chi connectivity index (χ0) is 19.9. The van der Waals surface area contributed by atoms with Crippen molar-refractivity contribution in [3.8, 4) is 5.75 Å². The summed E-state index contributed by atoms with van der Waals surface area (Å²) < 4.78 is 5.43. The molecule has 3 aromatic carbocycles. The molecule has 29 heavy (non-hydrogen) atoms. The van der Waals surface area contributed by atoms with Gasteiger partial charge in [0.15, 0.2) is 0 Å². The molecule has 0 unspecified atom stereocenters. The molecule has 0 saturated carbocycles. The Kier molecular flexibility index (Phi) is 5.86. The van der Waals surface area contributed by atoms with Crippen LogP contribution in [0.2, 0.25) is 0 Å². The van der Waals surface area contributed by atoms with Gasteiger partial charge in [0.05, 0.1) is 12.6 Å². The van der Waals surface area contributed by atoms with Gasteiger partial charge in [0.2, 0.25) is 5.95 Å². The summed E-state index contributed by atoms with van der Waals surface area (Å²) in [6.45, 7) is 1.43. The van der Waals surface area contributed by atoms with E-state index in [1.165, 1.54) is 5.56 Å². The number of ether oxygens (including phenoxy) is 1. The molecule has 0 radical (unpaired) electrons. The largest absolute Gasteiger partial charge is 0.496 e. The van der Waals surface area contributed by atoms with E-state index < -0.39 is 0 Å². The molecule has 0 aliphatic heterocycles. The fourth-order valence-electron chi connectivity index (χ4n) is 3.29. The van der Waals surface area contributed by atoms with Crippen molar-refractivity contribution in [3.63, 3.8) is 0 Å². The molecule has 0 fully saturated rings. The first kappa shape index (κ1) is 18.7. The molecule has 5 nitrogen and oxygen atoms in total. The first-order valence-electron chi connectivity index (χ1n) is 9.74. The van der Waals surface area contributed by atoms with Crippen molar-refractivity contribution in [2.75, 3.05) is 24.3 Å². The number of methoxy groups -OCH3 is 1. The fraction of sp³-hybridized carbons (Fsp3) is 0.167. The van der Waals surface area contributed by atoms with Crippen LogP contribution in [0.25, 0.3) is 10.9 Å². The van der Waals surface area contributed by atoms with E-state index in [1.807, 2.05) is 60.7 Å². The van der Waals surface area contributed by atoms with Crippen LogP contribution in [-0.2, 0) is 13.0 Å². The van der Waals surface area contributed by atoms with E-state index in [2.05, 4.69) is 33.8 Å². The lowest BCUT2D eigenvalue weighted by Gasteiger charge is -2.13. The molecular weight excluding hydrogens is 360 g/mol. The molecule has 0 atom stereocenters. The first-order valence-corrected chi connectivity index (χ1v) is 9.74. The van der Waals surface area contributed by atoms with E-state index in [0.717, 1.165) is 41.0 Å². The second-order valence-corrected chi connectivity index (χ2v) is 6.74. The summed E-state index contributed by atoms with van der Waals surface area (Å²) in [5.41, 5.74) is 3.28. The quantitative estimate of drug-likeness (QED) is 0.452. The summed E-state index contributed by atoms with van der Waals surface area (Å²) in [7, 11) is 1.70. The maximum atomic E-state index is 5.43. The van der Waals surface area contributed by atoms with Gasteiger partial charge in [0.1, 0.15) is 11.6 Å². The Balaban J connectivity index is 1.50. The molecule has 5 heteroatoms. The third kappa shape index (κ3) is 4.63. The van der Waals surface area contributed by atoms with Crippen LogP contribution in [0.15, 0.2) is 78.9 Å². The van der Waals surface area contributed by atoms with Gasteiger partial charge in [-0.25, -0.2) is 4.98 Å². The van der Waals surface area contributed by atoms with Gasteiger partial charge in [-0.1, -0.05) is 60.7 Å². The SMILES string of the molecule is COc1ccccc1CCNc1nc(NCc2ccccc2)c2ccccc2n1. The van der Waals surface area contributed by atoms with Crippen LogP contribution in [0.5, 0.6) is 5.75 Å². The Morgan fingerprint density at radius 3 is 2.41 bits per heavy atom. The van der Waals surface area contributed by atoms with Crippen LogP contribution in [0.3, 0.4) is 0 Å². The lowest BCUT2D eigenvalue weighted by atomic mass is 10.1. The molecule has 146 valence electrons. The smallest absolute Gasteiger partial charge is 0.225 e. The Labute approximate surface area is 170 Å². The van der Waals surface area contributed by atoms with Crippen molar-refractivity contribution in [3.05, 3.63) is 90.0 Å². The Hall–Kier alpha value is -3.60. The number of fused-ring (bicyclic) bond motifs is 1. The number of para-hydroxylation sites is 2. The molecule has 1 heterocycles. The van der Waals surface area contributed by atoms with E-state index in [4.69, 9.17) is 9.72 Å². The zero-order valence-electron chi connectivity index (χ0n) is 16.4. The topological polar surface area (TPSA) is 59.1 Å². The van der Waals surface area contributed by atoms with E-state index in [1.54, 1.807) is 7.11 Å². The van der Waals surface area contributed by atoms with Crippen LogP contribution < -0.4 is 15.4 Å². The van der Waals surface area contributed by atoms with Gasteiger partial charge in [0.25, 0.3) is 0 Å². The average Bonchev–Trinajstić information content (AvgIpc) is 2.78. The van der Waals surface area contributed by atoms with Crippen molar-refractivity contribution >= 4 is 22.7 Å². The Bertz CT molecular complexity index is 1080. The number of aromatic nitrogens is 2. The standard InChI is InChI=1S/C24H24N4O/c1-29-22-14-8-5-11-19(22)15-16-25-24-27-21-13-7-6-12-20(21)23(28-24)26-17-18-9-3-2-4-10-18/h2-14H,15-17H2,1H3,(H2,25,26,27,28). The normalized spacial score (nSPS) is 10.7. The van der Waals surface area contributed by atoms with E-state index in [9.17, 15) is 0 Å². The van der Waals surface area contributed by atoms with Gasteiger partial charge < -0.3 is 15.4 Å². The van der Waals surface area contributed by atoms with Crippen molar-refractivity contribution in [1.82, 2.24) is 9.97 Å². The van der Waals surface area contributed by atoms with E-state index >= 15 is 0 Å². The number of nitrogens with zero attached hydrogens (tertiary/aromatic N) is 2. The number of hydrogen-bond donors (Lipinski definition) is 2. The third-order valence-corrected chi connectivity index (χ3v) is 4.78. The molecule has 1 aromatic heterocycles. The lowest BCUT2D eigenvalue weighted by Crippen LogP contribution is -2.11. The highest BCUT2D eigenvalue weighted by Gasteiger charge is 2.08. The van der Waals surface area contributed by atoms with Crippen LogP contribution in [0.1, 0.15) is 11.1 Å². The van der Waals surface area contributed by atoms with Crippen LogP contribution >= 0.6 is 0 Å². The van der Waals surface area contributed by atoms with Crippen LogP contribution in [-0.4, -0.2) is 23.6 Å². The molecular formula is C24H24N4O. The molecule has 0 saturated heterocycles. The summed E-state index contributed by atoms with van der Waals surface area (Å²) in [6, 6.07) is 26.4. The molecule has 4 rings (SSSR count). The summed E-state index contributed by atoms with van der Waals surface area (Å²) in [4.78, 5) is 9.40. The predicted molar refractivity (Wildman–Crippen MR) is 118 cm³/mol. The zero-order valence-corrected chi connectivity index (χ0v) is 16.4. The summed E-state index contributed by atoms with van der Waals surface area (Å²) >= 11 is 0. The van der Waals surface area contributed by atoms with Crippen molar-refractivity contribution in [2.45, 2.75) is 13.0 Å². The maximum absolute atomic E-state index is 5.43. The number of benzene rings is 3. The van der Waals surface area contributed by atoms with Gasteiger partial charge in [-0.05, 0) is 35.7 Å². The number of anilines is 2. The number of rotatable bonds is 8. The highest BCUT2D eigenvalue weighted by Crippen LogP contribution is 2.23. The summed E-state index contributed by atoms with van der Waals surface area (Å²) in [5.74, 6) is 2.35. The fourth-order valence-corrected chi connectivity index (χ4v) is 3.29. The Morgan fingerprint density at radius 2 is 1.55 bits per heavy atom. The van der Waals surface area contributed by atoms with E-state index in [0.29, 0.717) is 12.5 Å².